The molecule has 0 atom stereocenters. The van der Waals surface area contributed by atoms with Gasteiger partial charge >= 0.3 is 5.97 Å². The number of thioether (sulfide) groups is 1. The minimum atomic E-state index is -0.437. The number of rotatable bonds is 6. The number of ether oxygens (including phenoxy) is 1. The van der Waals surface area contributed by atoms with Crippen LogP contribution < -0.4 is 0 Å². The van der Waals surface area contributed by atoms with Crippen LogP contribution in [0.15, 0.2) is 53.7 Å². The van der Waals surface area contributed by atoms with Crippen molar-refractivity contribution in [3.8, 4) is 5.69 Å². The van der Waals surface area contributed by atoms with Crippen molar-refractivity contribution < 1.29 is 18.7 Å². The van der Waals surface area contributed by atoms with Crippen LogP contribution in [0.3, 0.4) is 0 Å². The molecular formula is C17H13FN4O3S. The summed E-state index contributed by atoms with van der Waals surface area (Å²) in [5, 5.41) is 11.9. The standard InChI is InChI=1S/C17H13FN4O3S/c1-25-16(24)12-4-8-14(9-5-12)22-17(19-20-21-22)26-10-15(23)11-2-6-13(18)7-3-11/h2-9H,10H2,1H3. The zero-order valence-electron chi connectivity index (χ0n) is 13.6. The normalized spacial score (nSPS) is 10.5. The molecule has 0 saturated carbocycles. The summed E-state index contributed by atoms with van der Waals surface area (Å²) in [6, 6.07) is 11.9. The van der Waals surface area contributed by atoms with E-state index in [2.05, 4.69) is 20.3 Å². The van der Waals surface area contributed by atoms with Crippen LogP contribution >= 0.6 is 11.8 Å². The topological polar surface area (TPSA) is 87.0 Å². The van der Waals surface area contributed by atoms with Crippen LogP contribution in [0.4, 0.5) is 4.39 Å². The number of nitrogens with zero attached hydrogens (tertiary/aromatic N) is 4. The molecule has 1 heterocycles. The van der Waals surface area contributed by atoms with Crippen molar-refractivity contribution in [3.63, 3.8) is 0 Å². The first-order valence-corrected chi connectivity index (χ1v) is 8.46. The molecule has 0 spiro atoms. The molecule has 1 aromatic heterocycles. The number of methoxy groups -OCH3 is 1. The first kappa shape index (κ1) is 17.7. The second kappa shape index (κ2) is 7.87. The molecule has 0 N–H and O–H groups in total. The lowest BCUT2D eigenvalue weighted by molar-refractivity contribution is 0.0600. The fourth-order valence-corrected chi connectivity index (χ4v) is 2.92. The Hall–Kier alpha value is -3.07. The fraction of sp³-hybridized carbons (Fsp3) is 0.118. The highest BCUT2D eigenvalue weighted by atomic mass is 32.2. The Bertz CT molecular complexity index is 926. The summed E-state index contributed by atoms with van der Waals surface area (Å²) < 4.78 is 19.0. The fourth-order valence-electron chi connectivity index (χ4n) is 2.14. The Kier molecular flexibility index (Phi) is 5.37. The van der Waals surface area contributed by atoms with E-state index in [1.54, 1.807) is 24.3 Å². The molecule has 9 heteroatoms. The second-order valence-electron chi connectivity index (χ2n) is 5.13. The monoisotopic (exact) mass is 372 g/mol. The average Bonchev–Trinajstić information content (AvgIpc) is 3.14. The quantitative estimate of drug-likeness (QED) is 0.373. The Morgan fingerprint density at radius 2 is 1.73 bits per heavy atom. The van der Waals surface area contributed by atoms with Gasteiger partial charge in [0.05, 0.1) is 24.1 Å². The Labute approximate surface area is 152 Å². The number of carbonyl (C=O) groups excluding carboxylic acids is 2. The molecule has 0 aliphatic carbocycles. The van der Waals surface area contributed by atoms with E-state index in [0.29, 0.717) is 22.0 Å². The van der Waals surface area contributed by atoms with Crippen molar-refractivity contribution in [1.29, 1.82) is 0 Å². The first-order chi connectivity index (χ1) is 12.6. The maximum Gasteiger partial charge on any atom is 0.337 e. The largest absolute Gasteiger partial charge is 0.465 e. The van der Waals surface area contributed by atoms with E-state index in [1.165, 1.54) is 36.1 Å². The summed E-state index contributed by atoms with van der Waals surface area (Å²) in [5.74, 6) is -0.890. The number of hydrogen-bond acceptors (Lipinski definition) is 7. The predicted molar refractivity (Wildman–Crippen MR) is 91.9 cm³/mol. The van der Waals surface area contributed by atoms with E-state index in [4.69, 9.17) is 0 Å². The summed E-state index contributed by atoms with van der Waals surface area (Å²) in [4.78, 5) is 23.7. The van der Waals surface area contributed by atoms with Crippen molar-refractivity contribution >= 4 is 23.5 Å². The van der Waals surface area contributed by atoms with Crippen LogP contribution in [0.25, 0.3) is 5.69 Å². The van der Waals surface area contributed by atoms with Gasteiger partial charge in [-0.1, -0.05) is 11.8 Å². The van der Waals surface area contributed by atoms with E-state index in [-0.39, 0.29) is 11.5 Å². The maximum atomic E-state index is 12.9. The molecule has 0 bridgehead atoms. The van der Waals surface area contributed by atoms with Gasteiger partial charge in [-0.05, 0) is 59.0 Å². The zero-order chi connectivity index (χ0) is 18.5. The lowest BCUT2D eigenvalue weighted by Crippen LogP contribution is -2.06. The Morgan fingerprint density at radius 3 is 2.38 bits per heavy atom. The molecule has 3 aromatic rings. The smallest absolute Gasteiger partial charge is 0.337 e. The second-order valence-corrected chi connectivity index (χ2v) is 6.07. The first-order valence-electron chi connectivity index (χ1n) is 7.47. The van der Waals surface area contributed by atoms with Crippen molar-refractivity contribution in [2.45, 2.75) is 5.16 Å². The van der Waals surface area contributed by atoms with Crippen molar-refractivity contribution in [2.75, 3.05) is 12.9 Å². The highest BCUT2D eigenvalue weighted by Gasteiger charge is 2.14. The predicted octanol–water partition coefficient (Wildman–Crippen LogP) is 2.56. The number of tetrazole rings is 1. The maximum absolute atomic E-state index is 12.9. The minimum Gasteiger partial charge on any atom is -0.465 e. The van der Waals surface area contributed by atoms with Gasteiger partial charge in [0.1, 0.15) is 5.82 Å². The summed E-state index contributed by atoms with van der Waals surface area (Å²) in [6.45, 7) is 0. The summed E-state index contributed by atoms with van der Waals surface area (Å²) in [7, 11) is 1.31. The third-order valence-electron chi connectivity index (χ3n) is 3.47. The number of halogens is 1. The lowest BCUT2D eigenvalue weighted by atomic mass is 10.1. The molecule has 3 rings (SSSR count). The third kappa shape index (κ3) is 3.94. The van der Waals surface area contributed by atoms with Gasteiger partial charge in [0.25, 0.3) is 0 Å². The molecule has 2 aromatic carbocycles. The van der Waals surface area contributed by atoms with Crippen molar-refractivity contribution in [1.82, 2.24) is 20.2 Å². The van der Waals surface area contributed by atoms with E-state index in [1.807, 2.05) is 0 Å². The zero-order valence-corrected chi connectivity index (χ0v) is 14.4. The van der Waals surface area contributed by atoms with Crippen LogP contribution in [-0.2, 0) is 4.74 Å². The number of hydrogen-bond donors (Lipinski definition) is 0. The molecule has 0 aliphatic heterocycles. The van der Waals surface area contributed by atoms with Gasteiger partial charge in [-0.3, -0.25) is 4.79 Å². The highest BCUT2D eigenvalue weighted by Crippen LogP contribution is 2.20. The summed E-state index contributed by atoms with van der Waals surface area (Å²) in [5.41, 5.74) is 1.46. The Balaban J connectivity index is 1.71. The van der Waals surface area contributed by atoms with Crippen LogP contribution in [-0.4, -0.2) is 44.8 Å². The number of carbonyl (C=O) groups is 2. The van der Waals surface area contributed by atoms with E-state index >= 15 is 0 Å². The number of Topliss-reactive ketones (excluding diaryl/α,β-unsaturated/α-hetero) is 1. The number of benzene rings is 2. The van der Waals surface area contributed by atoms with Gasteiger partial charge in [-0.25, -0.2) is 9.18 Å². The van der Waals surface area contributed by atoms with E-state index in [0.717, 1.165) is 11.8 Å². The van der Waals surface area contributed by atoms with Crippen LogP contribution in [0.2, 0.25) is 0 Å². The van der Waals surface area contributed by atoms with Crippen LogP contribution in [0.5, 0.6) is 0 Å². The van der Waals surface area contributed by atoms with Gasteiger partial charge in [0.2, 0.25) is 5.16 Å². The van der Waals surface area contributed by atoms with Crippen molar-refractivity contribution in [3.05, 3.63) is 65.5 Å². The molecule has 0 aliphatic rings. The van der Waals surface area contributed by atoms with Gasteiger partial charge in [0.15, 0.2) is 5.78 Å². The average molecular weight is 372 g/mol. The molecule has 0 radical (unpaired) electrons. The molecule has 0 amide bonds. The lowest BCUT2D eigenvalue weighted by Gasteiger charge is -2.05. The van der Waals surface area contributed by atoms with Gasteiger partial charge in [-0.15, -0.1) is 5.10 Å². The minimum absolute atomic E-state index is 0.103. The molecule has 0 fully saturated rings. The highest BCUT2D eigenvalue weighted by molar-refractivity contribution is 7.99. The number of esters is 1. The third-order valence-corrected chi connectivity index (χ3v) is 4.39. The molecular weight excluding hydrogens is 359 g/mol. The number of aromatic nitrogens is 4. The summed E-state index contributed by atoms with van der Waals surface area (Å²) >= 11 is 1.16. The summed E-state index contributed by atoms with van der Waals surface area (Å²) in [6.07, 6.45) is 0. The van der Waals surface area contributed by atoms with Crippen LogP contribution in [0, 0.1) is 5.82 Å². The van der Waals surface area contributed by atoms with E-state index in [9.17, 15) is 14.0 Å². The number of ketones is 1. The van der Waals surface area contributed by atoms with E-state index < -0.39 is 11.8 Å². The molecule has 0 unspecified atom stereocenters. The van der Waals surface area contributed by atoms with Gasteiger partial charge in [-0.2, -0.15) is 4.68 Å². The van der Waals surface area contributed by atoms with Crippen LogP contribution in [0.1, 0.15) is 20.7 Å². The molecule has 132 valence electrons. The van der Waals surface area contributed by atoms with Gasteiger partial charge in [0, 0.05) is 5.56 Å². The Morgan fingerprint density at radius 1 is 1.08 bits per heavy atom. The van der Waals surface area contributed by atoms with Crippen molar-refractivity contribution in [2.24, 2.45) is 0 Å². The molecule has 7 nitrogen and oxygen atoms in total. The van der Waals surface area contributed by atoms with Gasteiger partial charge < -0.3 is 4.74 Å². The molecule has 26 heavy (non-hydrogen) atoms. The molecule has 0 saturated heterocycles. The SMILES string of the molecule is COC(=O)c1ccc(-n2nnnc2SCC(=O)c2ccc(F)cc2)cc1.